The maximum absolute atomic E-state index is 11.0. The summed E-state index contributed by atoms with van der Waals surface area (Å²) in [6.07, 6.45) is 3.91. The van der Waals surface area contributed by atoms with Gasteiger partial charge in [-0.05, 0) is 6.92 Å². The molecular weight excluding hydrogens is 228 g/mol. The molecule has 16 heavy (non-hydrogen) atoms. The van der Waals surface area contributed by atoms with E-state index in [0.29, 0.717) is 5.82 Å². The van der Waals surface area contributed by atoms with Crippen LogP contribution in [0.4, 0.5) is 5.82 Å². The van der Waals surface area contributed by atoms with E-state index in [-0.39, 0.29) is 17.5 Å². The summed E-state index contributed by atoms with van der Waals surface area (Å²) in [5.74, 6) is 0.476. The Morgan fingerprint density at radius 1 is 1.50 bits per heavy atom. The molecule has 0 aliphatic carbocycles. The van der Waals surface area contributed by atoms with Gasteiger partial charge in [0.15, 0.2) is 5.69 Å². The first kappa shape index (κ1) is 12.4. The second kappa shape index (κ2) is 4.90. The number of nitriles is 1. The zero-order valence-electron chi connectivity index (χ0n) is 9.01. The molecule has 1 atom stereocenters. The van der Waals surface area contributed by atoms with Crippen LogP contribution in [0.25, 0.3) is 0 Å². The lowest BCUT2D eigenvalue weighted by atomic mass is 10.4. The van der Waals surface area contributed by atoms with Crippen molar-refractivity contribution in [1.82, 2.24) is 9.97 Å². The van der Waals surface area contributed by atoms with Crippen LogP contribution in [-0.4, -0.2) is 36.4 Å². The van der Waals surface area contributed by atoms with E-state index in [1.165, 1.54) is 18.6 Å². The average molecular weight is 240 g/mol. The molecule has 1 aromatic rings. The molecule has 0 bridgehead atoms. The molecule has 0 radical (unpaired) electrons. The molecule has 6 nitrogen and oxygen atoms in total. The van der Waals surface area contributed by atoms with Crippen LogP contribution in [0.5, 0.6) is 0 Å². The van der Waals surface area contributed by atoms with Gasteiger partial charge in [-0.1, -0.05) is 0 Å². The lowest BCUT2D eigenvalue weighted by Gasteiger charge is -2.12. The Balaban J connectivity index is 2.64. The molecule has 1 rings (SSSR count). The summed E-state index contributed by atoms with van der Waals surface area (Å²) in [5.41, 5.74) is 0.223. The fourth-order valence-corrected chi connectivity index (χ4v) is 2.20. The molecular formula is C9H12N4O2S. The van der Waals surface area contributed by atoms with E-state index in [2.05, 4.69) is 15.3 Å². The number of anilines is 1. The van der Waals surface area contributed by atoms with Crippen LogP contribution in [0.15, 0.2) is 12.4 Å². The molecule has 0 saturated heterocycles. The Morgan fingerprint density at radius 2 is 2.19 bits per heavy atom. The minimum Gasteiger partial charge on any atom is -0.365 e. The van der Waals surface area contributed by atoms with Crippen LogP contribution in [0.2, 0.25) is 0 Å². The van der Waals surface area contributed by atoms with Crippen molar-refractivity contribution in [3.05, 3.63) is 18.1 Å². The fourth-order valence-electron chi connectivity index (χ4n) is 1.21. The van der Waals surface area contributed by atoms with Crippen molar-refractivity contribution in [1.29, 1.82) is 5.26 Å². The third-order valence-electron chi connectivity index (χ3n) is 1.71. The second-order valence-corrected chi connectivity index (χ2v) is 5.72. The highest BCUT2D eigenvalue weighted by Gasteiger charge is 2.10. The Kier molecular flexibility index (Phi) is 3.79. The molecule has 0 aromatic carbocycles. The highest BCUT2D eigenvalue weighted by Crippen LogP contribution is 2.03. The van der Waals surface area contributed by atoms with Crippen molar-refractivity contribution < 1.29 is 8.42 Å². The van der Waals surface area contributed by atoms with Gasteiger partial charge in [-0.25, -0.2) is 18.4 Å². The molecule has 0 amide bonds. The number of nitrogens with zero attached hydrogens (tertiary/aromatic N) is 3. The van der Waals surface area contributed by atoms with Crippen molar-refractivity contribution >= 4 is 15.7 Å². The predicted octanol–water partition coefficient (Wildman–Crippen LogP) is 0.193. The second-order valence-electron chi connectivity index (χ2n) is 3.54. The minimum atomic E-state index is -3.02. The summed E-state index contributed by atoms with van der Waals surface area (Å²) in [6.45, 7) is 1.74. The van der Waals surface area contributed by atoms with E-state index in [1.807, 2.05) is 6.07 Å². The number of hydrogen-bond donors (Lipinski definition) is 1. The third kappa shape index (κ3) is 4.23. The van der Waals surface area contributed by atoms with Crippen LogP contribution in [0.3, 0.4) is 0 Å². The molecule has 0 aliphatic rings. The fraction of sp³-hybridized carbons (Fsp3) is 0.444. The zero-order chi connectivity index (χ0) is 12.2. The van der Waals surface area contributed by atoms with E-state index < -0.39 is 9.84 Å². The highest BCUT2D eigenvalue weighted by atomic mass is 32.2. The van der Waals surface area contributed by atoms with Gasteiger partial charge in [-0.3, -0.25) is 0 Å². The molecule has 1 heterocycles. The molecule has 1 aromatic heterocycles. The highest BCUT2D eigenvalue weighted by molar-refractivity contribution is 7.90. The van der Waals surface area contributed by atoms with Crippen molar-refractivity contribution in [2.75, 3.05) is 17.3 Å². The van der Waals surface area contributed by atoms with Gasteiger partial charge >= 0.3 is 0 Å². The van der Waals surface area contributed by atoms with E-state index in [0.717, 1.165) is 0 Å². The quantitative estimate of drug-likeness (QED) is 0.807. The first-order valence-corrected chi connectivity index (χ1v) is 6.63. The van der Waals surface area contributed by atoms with E-state index in [1.54, 1.807) is 6.92 Å². The first-order valence-electron chi connectivity index (χ1n) is 4.57. The van der Waals surface area contributed by atoms with Gasteiger partial charge in [0, 0.05) is 12.3 Å². The zero-order valence-corrected chi connectivity index (χ0v) is 9.82. The molecule has 7 heteroatoms. The Bertz CT molecular complexity index is 489. The Hall–Kier alpha value is -1.68. The Morgan fingerprint density at radius 3 is 2.62 bits per heavy atom. The predicted molar refractivity (Wildman–Crippen MR) is 59.5 cm³/mol. The topological polar surface area (TPSA) is 95.7 Å². The van der Waals surface area contributed by atoms with E-state index in [4.69, 9.17) is 5.26 Å². The summed E-state index contributed by atoms with van der Waals surface area (Å²) in [7, 11) is -3.02. The van der Waals surface area contributed by atoms with Crippen LogP contribution in [-0.2, 0) is 9.84 Å². The van der Waals surface area contributed by atoms with Gasteiger partial charge in [0.1, 0.15) is 21.7 Å². The number of sulfone groups is 1. The molecule has 0 spiro atoms. The average Bonchev–Trinajstić information content (AvgIpc) is 2.16. The summed E-state index contributed by atoms with van der Waals surface area (Å²) >= 11 is 0. The summed E-state index contributed by atoms with van der Waals surface area (Å²) in [4.78, 5) is 7.74. The number of aromatic nitrogens is 2. The normalized spacial score (nSPS) is 12.8. The number of rotatable bonds is 4. The molecule has 0 saturated carbocycles. The number of nitrogens with one attached hydrogen (secondary N) is 1. The minimum absolute atomic E-state index is 0.0225. The molecule has 1 unspecified atom stereocenters. The van der Waals surface area contributed by atoms with Crippen LogP contribution in [0.1, 0.15) is 12.6 Å². The smallest absolute Gasteiger partial charge is 0.158 e. The molecule has 1 N–H and O–H groups in total. The maximum atomic E-state index is 11.0. The van der Waals surface area contributed by atoms with Gasteiger partial charge in [0.25, 0.3) is 0 Å². The van der Waals surface area contributed by atoms with E-state index in [9.17, 15) is 8.42 Å². The van der Waals surface area contributed by atoms with Gasteiger partial charge in [0.05, 0.1) is 18.1 Å². The lowest BCUT2D eigenvalue weighted by Crippen LogP contribution is -2.25. The van der Waals surface area contributed by atoms with Gasteiger partial charge in [0.2, 0.25) is 0 Å². The number of hydrogen-bond acceptors (Lipinski definition) is 6. The lowest BCUT2D eigenvalue weighted by molar-refractivity contribution is 0.598. The standard InChI is InChI=1S/C9H12N4O2S/c1-7(6-16(2,14)15)13-9-5-11-8(3-10)4-12-9/h4-5,7H,6H2,1-2H3,(H,12,13). The summed E-state index contributed by atoms with van der Waals surface area (Å²) in [5, 5.41) is 11.4. The van der Waals surface area contributed by atoms with Crippen molar-refractivity contribution in [2.45, 2.75) is 13.0 Å². The maximum Gasteiger partial charge on any atom is 0.158 e. The van der Waals surface area contributed by atoms with E-state index >= 15 is 0 Å². The summed E-state index contributed by atoms with van der Waals surface area (Å²) in [6, 6.07) is 1.60. The van der Waals surface area contributed by atoms with Gasteiger partial charge in [-0.2, -0.15) is 5.26 Å². The van der Waals surface area contributed by atoms with Crippen molar-refractivity contribution in [3.8, 4) is 6.07 Å². The molecule has 0 fully saturated rings. The summed E-state index contributed by atoms with van der Waals surface area (Å²) < 4.78 is 22.0. The largest absolute Gasteiger partial charge is 0.365 e. The van der Waals surface area contributed by atoms with Gasteiger partial charge in [-0.15, -0.1) is 0 Å². The van der Waals surface area contributed by atoms with Crippen molar-refractivity contribution in [2.24, 2.45) is 0 Å². The first-order chi connectivity index (χ1) is 7.40. The van der Waals surface area contributed by atoms with Crippen LogP contribution < -0.4 is 5.32 Å². The molecule has 0 aliphatic heterocycles. The van der Waals surface area contributed by atoms with Crippen LogP contribution in [0, 0.1) is 11.3 Å². The molecule has 86 valence electrons. The SMILES string of the molecule is CC(CS(C)(=O)=O)Nc1cnc(C#N)cn1. The van der Waals surface area contributed by atoms with Crippen molar-refractivity contribution in [3.63, 3.8) is 0 Å². The van der Waals surface area contributed by atoms with Gasteiger partial charge < -0.3 is 5.32 Å². The van der Waals surface area contributed by atoms with Crippen LogP contribution >= 0.6 is 0 Å². The Labute approximate surface area is 94.3 Å². The third-order valence-corrected chi connectivity index (χ3v) is 2.82. The monoisotopic (exact) mass is 240 g/mol.